The Balaban J connectivity index is 1.63. The van der Waals surface area contributed by atoms with Crippen molar-refractivity contribution in [3.8, 4) is 5.75 Å². The summed E-state index contributed by atoms with van der Waals surface area (Å²) >= 11 is 7.17. The van der Waals surface area contributed by atoms with Crippen LogP contribution in [-0.2, 0) is 0 Å². The number of ether oxygens (including phenoxy) is 1. The highest BCUT2D eigenvalue weighted by Gasteiger charge is 2.40. The number of benzene rings is 3. The Hall–Kier alpha value is -2.90. The predicted octanol–water partition coefficient (Wildman–Crippen LogP) is 6.36. The van der Waals surface area contributed by atoms with Crippen LogP contribution >= 0.6 is 31.9 Å². The summed E-state index contributed by atoms with van der Waals surface area (Å²) in [5, 5.41) is 8.09. The molecular formula is C24H16Br2N4O. The van der Waals surface area contributed by atoms with E-state index in [-0.39, 0.29) is 12.1 Å². The summed E-state index contributed by atoms with van der Waals surface area (Å²) < 4.78 is 10.6. The monoisotopic (exact) mass is 534 g/mol. The van der Waals surface area contributed by atoms with Gasteiger partial charge in [-0.2, -0.15) is 10.1 Å². The van der Waals surface area contributed by atoms with E-state index in [0.29, 0.717) is 0 Å². The summed E-state index contributed by atoms with van der Waals surface area (Å²) in [6, 6.07) is 24.6. The third-order valence-corrected chi connectivity index (χ3v) is 6.68. The molecule has 2 aliphatic rings. The Bertz CT molecular complexity index is 1330. The van der Waals surface area contributed by atoms with Crippen LogP contribution in [0.2, 0.25) is 0 Å². The molecule has 0 radical (unpaired) electrons. The van der Waals surface area contributed by atoms with Crippen molar-refractivity contribution in [1.82, 2.24) is 14.8 Å². The fourth-order valence-electron chi connectivity index (χ4n) is 4.33. The summed E-state index contributed by atoms with van der Waals surface area (Å²) in [5.74, 6) is 1.57. The molecule has 5 nitrogen and oxygen atoms in total. The van der Waals surface area contributed by atoms with Crippen molar-refractivity contribution in [2.75, 3.05) is 5.32 Å². The minimum Gasteiger partial charge on any atom is -0.480 e. The lowest BCUT2D eigenvalue weighted by molar-refractivity contribution is 0.223. The first-order chi connectivity index (χ1) is 15.2. The minimum absolute atomic E-state index is 0.154. The lowest BCUT2D eigenvalue weighted by Crippen LogP contribution is -2.32. The summed E-state index contributed by atoms with van der Waals surface area (Å²) in [7, 11) is 0. The van der Waals surface area contributed by atoms with E-state index in [1.54, 1.807) is 6.33 Å². The van der Waals surface area contributed by atoms with Gasteiger partial charge in [-0.1, -0.05) is 68.3 Å². The van der Waals surface area contributed by atoms with Crippen LogP contribution in [-0.4, -0.2) is 14.8 Å². The van der Waals surface area contributed by atoms with Crippen LogP contribution in [0.4, 0.5) is 5.95 Å². The van der Waals surface area contributed by atoms with Gasteiger partial charge in [0.05, 0.1) is 5.70 Å². The van der Waals surface area contributed by atoms with Crippen LogP contribution in [0, 0.1) is 0 Å². The zero-order chi connectivity index (χ0) is 20.9. The van der Waals surface area contributed by atoms with E-state index in [1.807, 2.05) is 35.0 Å². The van der Waals surface area contributed by atoms with E-state index in [0.717, 1.165) is 48.6 Å². The first-order valence-electron chi connectivity index (χ1n) is 9.86. The van der Waals surface area contributed by atoms with Crippen molar-refractivity contribution in [3.05, 3.63) is 110 Å². The second kappa shape index (κ2) is 7.35. The molecule has 0 aliphatic carbocycles. The molecule has 3 heterocycles. The predicted molar refractivity (Wildman–Crippen MR) is 127 cm³/mol. The van der Waals surface area contributed by atoms with E-state index in [1.165, 1.54) is 0 Å². The molecule has 4 aromatic rings. The normalized spacial score (nSPS) is 19.0. The average Bonchev–Trinajstić information content (AvgIpc) is 3.26. The number of para-hydroxylation sites is 1. The summed E-state index contributed by atoms with van der Waals surface area (Å²) in [6.45, 7) is 0. The van der Waals surface area contributed by atoms with Gasteiger partial charge in [-0.15, -0.1) is 0 Å². The smallest absolute Gasteiger partial charge is 0.226 e. The van der Waals surface area contributed by atoms with Crippen LogP contribution in [0.3, 0.4) is 0 Å². The molecule has 31 heavy (non-hydrogen) atoms. The standard InChI is InChI=1S/C24H16Br2N4O/c25-16-10-8-14(9-11-16)22-20-21(29-24-27-13-28-30(22)24)18-6-1-2-7-19(18)31-23(20)15-4-3-5-17(26)12-15/h1-13,22-23H,(H,27,28,29)/t22-,23-/m0/s1. The van der Waals surface area contributed by atoms with Crippen LogP contribution in [0.25, 0.3) is 5.70 Å². The molecule has 3 aromatic carbocycles. The first-order valence-corrected chi connectivity index (χ1v) is 11.5. The van der Waals surface area contributed by atoms with Gasteiger partial charge in [0.15, 0.2) is 0 Å². The third-order valence-electron chi connectivity index (χ3n) is 5.66. The van der Waals surface area contributed by atoms with E-state index in [4.69, 9.17) is 4.74 Å². The van der Waals surface area contributed by atoms with Crippen molar-refractivity contribution in [1.29, 1.82) is 0 Å². The van der Waals surface area contributed by atoms with Gasteiger partial charge in [0.2, 0.25) is 5.95 Å². The van der Waals surface area contributed by atoms with Crippen molar-refractivity contribution in [2.24, 2.45) is 0 Å². The molecule has 6 rings (SSSR count). The van der Waals surface area contributed by atoms with Crippen molar-refractivity contribution in [2.45, 2.75) is 12.1 Å². The van der Waals surface area contributed by atoms with Gasteiger partial charge in [-0.3, -0.25) is 0 Å². The molecule has 2 aliphatic heterocycles. The van der Waals surface area contributed by atoms with Gasteiger partial charge < -0.3 is 10.1 Å². The van der Waals surface area contributed by atoms with Gasteiger partial charge in [-0.05, 0) is 47.5 Å². The highest BCUT2D eigenvalue weighted by atomic mass is 79.9. The zero-order valence-corrected chi connectivity index (χ0v) is 19.3. The molecule has 0 bridgehead atoms. The molecule has 2 atom stereocenters. The SMILES string of the molecule is Brc1ccc([C@H]2C3=C(Nc4ncnn42)c2ccccc2O[C@H]3c2cccc(Br)c2)cc1. The Morgan fingerprint density at radius 2 is 1.71 bits per heavy atom. The maximum atomic E-state index is 6.62. The van der Waals surface area contributed by atoms with Crippen LogP contribution in [0.15, 0.2) is 93.6 Å². The van der Waals surface area contributed by atoms with Crippen LogP contribution in [0.5, 0.6) is 5.75 Å². The Labute approximate surface area is 196 Å². The maximum absolute atomic E-state index is 6.62. The highest BCUT2D eigenvalue weighted by molar-refractivity contribution is 9.10. The van der Waals surface area contributed by atoms with Gasteiger partial charge >= 0.3 is 0 Å². The largest absolute Gasteiger partial charge is 0.480 e. The summed E-state index contributed by atoms with van der Waals surface area (Å²) in [6.07, 6.45) is 1.31. The molecule has 7 heteroatoms. The minimum atomic E-state index is -0.277. The average molecular weight is 536 g/mol. The Kier molecular flexibility index (Phi) is 4.47. The first kappa shape index (κ1) is 18.8. The Morgan fingerprint density at radius 1 is 0.871 bits per heavy atom. The zero-order valence-electron chi connectivity index (χ0n) is 16.2. The lowest BCUT2D eigenvalue weighted by atomic mass is 9.84. The molecule has 0 fully saturated rings. The topological polar surface area (TPSA) is 52.0 Å². The molecule has 0 unspecified atom stereocenters. The van der Waals surface area contributed by atoms with Crippen LogP contribution in [0.1, 0.15) is 28.8 Å². The number of nitrogens with zero attached hydrogens (tertiary/aromatic N) is 3. The van der Waals surface area contributed by atoms with Crippen molar-refractivity contribution in [3.63, 3.8) is 0 Å². The number of anilines is 1. The highest BCUT2D eigenvalue weighted by Crippen LogP contribution is 2.50. The number of aromatic nitrogens is 3. The van der Waals surface area contributed by atoms with Gasteiger partial charge in [0, 0.05) is 20.1 Å². The molecule has 0 spiro atoms. The van der Waals surface area contributed by atoms with E-state index in [9.17, 15) is 0 Å². The van der Waals surface area contributed by atoms with Gasteiger partial charge in [0.25, 0.3) is 0 Å². The number of halogens is 2. The second-order valence-corrected chi connectivity index (χ2v) is 9.32. The quantitative estimate of drug-likeness (QED) is 0.324. The molecule has 152 valence electrons. The molecule has 0 amide bonds. The van der Waals surface area contributed by atoms with Crippen LogP contribution < -0.4 is 10.1 Å². The number of fused-ring (bicyclic) bond motifs is 3. The van der Waals surface area contributed by atoms with Crippen molar-refractivity contribution < 1.29 is 4.74 Å². The molecular weight excluding hydrogens is 520 g/mol. The van der Waals surface area contributed by atoms with Gasteiger partial charge in [-0.25, -0.2) is 4.68 Å². The summed E-state index contributed by atoms with van der Waals surface area (Å²) in [5.41, 5.74) is 5.35. The summed E-state index contributed by atoms with van der Waals surface area (Å²) in [4.78, 5) is 4.47. The number of nitrogens with one attached hydrogen (secondary N) is 1. The fourth-order valence-corrected chi connectivity index (χ4v) is 5.01. The number of hydrogen-bond acceptors (Lipinski definition) is 4. The molecule has 0 saturated heterocycles. The maximum Gasteiger partial charge on any atom is 0.226 e. The van der Waals surface area contributed by atoms with E-state index < -0.39 is 0 Å². The van der Waals surface area contributed by atoms with Crippen molar-refractivity contribution >= 4 is 43.5 Å². The number of rotatable bonds is 2. The van der Waals surface area contributed by atoms with E-state index >= 15 is 0 Å². The number of hydrogen-bond donors (Lipinski definition) is 1. The molecule has 1 N–H and O–H groups in total. The van der Waals surface area contributed by atoms with E-state index in [2.05, 4.69) is 89.7 Å². The fraction of sp³-hybridized carbons (Fsp3) is 0.0833. The Morgan fingerprint density at radius 3 is 2.55 bits per heavy atom. The molecule has 0 saturated carbocycles. The van der Waals surface area contributed by atoms with Gasteiger partial charge in [0.1, 0.15) is 24.2 Å². The third kappa shape index (κ3) is 3.11. The second-order valence-electron chi connectivity index (χ2n) is 7.49. The lowest BCUT2D eigenvalue weighted by Gasteiger charge is -2.39. The molecule has 1 aromatic heterocycles.